The number of hydrogen-bond acceptors (Lipinski definition) is 2. The standard InChI is InChI=1S/C22H24ClN3O/c23-19-7-5-17(6-8-19)15-22(27)26-13-11-25(12-14-26)10-9-18-16-24-21-4-2-1-3-20(18)21/h1-8,16,24H,9-15H2. The number of aromatic nitrogens is 1. The molecule has 0 aliphatic carbocycles. The lowest BCUT2D eigenvalue weighted by atomic mass is 10.1. The molecule has 1 amide bonds. The zero-order valence-electron chi connectivity index (χ0n) is 15.3. The number of nitrogens with zero attached hydrogens (tertiary/aromatic N) is 2. The molecule has 0 saturated carbocycles. The lowest BCUT2D eigenvalue weighted by molar-refractivity contribution is -0.132. The number of piperazine rings is 1. The van der Waals surface area contributed by atoms with E-state index in [2.05, 4.69) is 40.3 Å². The molecule has 1 aromatic heterocycles. The summed E-state index contributed by atoms with van der Waals surface area (Å²) in [6.07, 6.45) is 3.60. The first-order chi connectivity index (χ1) is 13.2. The molecule has 0 atom stereocenters. The van der Waals surface area contributed by atoms with Crippen molar-refractivity contribution in [2.75, 3.05) is 32.7 Å². The van der Waals surface area contributed by atoms with Crippen LogP contribution in [0.15, 0.2) is 54.7 Å². The second-order valence-corrected chi connectivity index (χ2v) is 7.57. The van der Waals surface area contributed by atoms with Crippen LogP contribution in [-0.4, -0.2) is 53.4 Å². The highest BCUT2D eigenvalue weighted by molar-refractivity contribution is 6.30. The van der Waals surface area contributed by atoms with Gasteiger partial charge in [0.25, 0.3) is 0 Å². The Hall–Kier alpha value is -2.30. The van der Waals surface area contributed by atoms with Crippen LogP contribution in [0.1, 0.15) is 11.1 Å². The van der Waals surface area contributed by atoms with Gasteiger partial charge in [-0.1, -0.05) is 41.9 Å². The number of halogens is 1. The van der Waals surface area contributed by atoms with Crippen LogP contribution in [0.5, 0.6) is 0 Å². The average Bonchev–Trinajstić information content (AvgIpc) is 3.12. The van der Waals surface area contributed by atoms with Gasteiger partial charge < -0.3 is 9.88 Å². The van der Waals surface area contributed by atoms with Gasteiger partial charge in [-0.05, 0) is 35.7 Å². The summed E-state index contributed by atoms with van der Waals surface area (Å²) in [5.74, 6) is 0.202. The molecule has 4 rings (SSSR count). The SMILES string of the molecule is O=C(Cc1ccc(Cl)cc1)N1CCN(CCc2c[nH]c3ccccc23)CC1. The van der Waals surface area contributed by atoms with E-state index in [1.54, 1.807) is 0 Å². The Balaban J connectivity index is 1.26. The lowest BCUT2D eigenvalue weighted by Gasteiger charge is -2.34. The van der Waals surface area contributed by atoms with Gasteiger partial charge in [0.15, 0.2) is 0 Å². The number of aromatic amines is 1. The first kappa shape index (κ1) is 18.1. The number of rotatable bonds is 5. The third kappa shape index (κ3) is 4.34. The normalized spacial score (nSPS) is 15.4. The summed E-state index contributed by atoms with van der Waals surface area (Å²) in [5, 5.41) is 2.02. The molecule has 1 N–H and O–H groups in total. The van der Waals surface area contributed by atoms with Crippen LogP contribution in [0.25, 0.3) is 10.9 Å². The van der Waals surface area contributed by atoms with Crippen molar-refractivity contribution in [2.45, 2.75) is 12.8 Å². The lowest BCUT2D eigenvalue weighted by Crippen LogP contribution is -2.49. The van der Waals surface area contributed by atoms with E-state index in [0.717, 1.165) is 44.7 Å². The van der Waals surface area contributed by atoms with E-state index in [-0.39, 0.29) is 5.91 Å². The Labute approximate surface area is 164 Å². The highest BCUT2D eigenvalue weighted by Gasteiger charge is 2.21. The molecule has 1 aliphatic heterocycles. The Kier molecular flexibility index (Phi) is 5.46. The molecule has 2 aromatic carbocycles. The van der Waals surface area contributed by atoms with Crippen molar-refractivity contribution < 1.29 is 4.79 Å². The molecule has 1 saturated heterocycles. The van der Waals surface area contributed by atoms with Crippen LogP contribution in [0.2, 0.25) is 5.02 Å². The maximum absolute atomic E-state index is 12.5. The molecular formula is C22H24ClN3O. The number of hydrogen-bond donors (Lipinski definition) is 1. The van der Waals surface area contributed by atoms with E-state index in [9.17, 15) is 4.79 Å². The van der Waals surface area contributed by atoms with Gasteiger partial charge in [-0.15, -0.1) is 0 Å². The number of carbonyl (C=O) groups is 1. The number of nitrogens with one attached hydrogen (secondary N) is 1. The maximum atomic E-state index is 12.5. The first-order valence-corrected chi connectivity index (χ1v) is 9.86. The van der Waals surface area contributed by atoms with Crippen molar-refractivity contribution in [3.05, 3.63) is 70.9 Å². The number of benzene rings is 2. The summed E-state index contributed by atoms with van der Waals surface area (Å²) in [6.45, 7) is 4.52. The van der Waals surface area contributed by atoms with E-state index in [1.165, 1.54) is 16.5 Å². The molecule has 0 spiro atoms. The Morgan fingerprint density at radius 2 is 1.74 bits per heavy atom. The van der Waals surface area contributed by atoms with Crippen LogP contribution in [0.3, 0.4) is 0 Å². The van der Waals surface area contributed by atoms with Crippen molar-refractivity contribution in [3.63, 3.8) is 0 Å². The van der Waals surface area contributed by atoms with Gasteiger partial charge in [0.05, 0.1) is 6.42 Å². The molecule has 1 aliphatic rings. The summed E-state index contributed by atoms with van der Waals surface area (Å²) in [5.41, 5.74) is 3.59. The predicted octanol–water partition coefficient (Wildman–Crippen LogP) is 3.75. The third-order valence-corrected chi connectivity index (χ3v) is 5.62. The van der Waals surface area contributed by atoms with Crippen LogP contribution < -0.4 is 0 Å². The largest absolute Gasteiger partial charge is 0.361 e. The molecule has 2 heterocycles. The summed E-state index contributed by atoms with van der Waals surface area (Å²) in [4.78, 5) is 20.3. The van der Waals surface area contributed by atoms with Gasteiger partial charge in [-0.25, -0.2) is 0 Å². The molecule has 3 aromatic rings. The highest BCUT2D eigenvalue weighted by Crippen LogP contribution is 2.18. The number of carbonyl (C=O) groups excluding carboxylic acids is 1. The van der Waals surface area contributed by atoms with Gasteiger partial charge in [-0.2, -0.15) is 0 Å². The van der Waals surface area contributed by atoms with Gasteiger partial charge in [0.2, 0.25) is 5.91 Å². The second-order valence-electron chi connectivity index (χ2n) is 7.14. The number of para-hydroxylation sites is 1. The molecule has 0 unspecified atom stereocenters. The quantitative estimate of drug-likeness (QED) is 0.731. The minimum absolute atomic E-state index is 0.202. The van der Waals surface area contributed by atoms with Gasteiger partial charge in [0, 0.05) is 54.8 Å². The monoisotopic (exact) mass is 381 g/mol. The Bertz CT molecular complexity index is 911. The highest BCUT2D eigenvalue weighted by atomic mass is 35.5. The zero-order valence-corrected chi connectivity index (χ0v) is 16.1. The number of amides is 1. The van der Waals surface area contributed by atoms with Crippen LogP contribution in [0, 0.1) is 0 Å². The fourth-order valence-corrected chi connectivity index (χ4v) is 3.85. The predicted molar refractivity (Wildman–Crippen MR) is 110 cm³/mol. The van der Waals surface area contributed by atoms with Crippen molar-refractivity contribution in [2.24, 2.45) is 0 Å². The van der Waals surface area contributed by atoms with Crippen molar-refractivity contribution in [1.82, 2.24) is 14.8 Å². The van der Waals surface area contributed by atoms with Gasteiger partial charge in [-0.3, -0.25) is 9.69 Å². The van der Waals surface area contributed by atoms with E-state index in [4.69, 9.17) is 11.6 Å². The second kappa shape index (κ2) is 8.15. The van der Waals surface area contributed by atoms with Crippen molar-refractivity contribution in [3.8, 4) is 0 Å². The molecular weight excluding hydrogens is 358 g/mol. The van der Waals surface area contributed by atoms with Crippen LogP contribution in [0.4, 0.5) is 0 Å². The van der Waals surface area contributed by atoms with E-state index in [1.807, 2.05) is 29.2 Å². The minimum atomic E-state index is 0.202. The molecule has 0 bridgehead atoms. The minimum Gasteiger partial charge on any atom is -0.361 e. The van der Waals surface area contributed by atoms with E-state index < -0.39 is 0 Å². The fraction of sp³-hybridized carbons (Fsp3) is 0.318. The fourth-order valence-electron chi connectivity index (χ4n) is 3.73. The maximum Gasteiger partial charge on any atom is 0.227 e. The molecule has 27 heavy (non-hydrogen) atoms. The first-order valence-electron chi connectivity index (χ1n) is 9.48. The number of H-pyrrole nitrogens is 1. The number of fused-ring (bicyclic) bond motifs is 1. The molecule has 0 radical (unpaired) electrons. The summed E-state index contributed by atoms with van der Waals surface area (Å²) in [7, 11) is 0. The van der Waals surface area contributed by atoms with Crippen LogP contribution in [-0.2, 0) is 17.6 Å². The topological polar surface area (TPSA) is 39.3 Å². The van der Waals surface area contributed by atoms with Crippen molar-refractivity contribution in [1.29, 1.82) is 0 Å². The van der Waals surface area contributed by atoms with Gasteiger partial charge >= 0.3 is 0 Å². The summed E-state index contributed by atoms with van der Waals surface area (Å²) >= 11 is 5.91. The molecule has 1 fully saturated rings. The van der Waals surface area contributed by atoms with E-state index in [0.29, 0.717) is 11.4 Å². The zero-order chi connectivity index (χ0) is 18.6. The molecule has 140 valence electrons. The molecule has 4 nitrogen and oxygen atoms in total. The van der Waals surface area contributed by atoms with Crippen LogP contribution >= 0.6 is 11.6 Å². The van der Waals surface area contributed by atoms with E-state index >= 15 is 0 Å². The van der Waals surface area contributed by atoms with Gasteiger partial charge in [0.1, 0.15) is 0 Å². The Morgan fingerprint density at radius 1 is 1.00 bits per heavy atom. The third-order valence-electron chi connectivity index (χ3n) is 5.37. The average molecular weight is 382 g/mol. The smallest absolute Gasteiger partial charge is 0.227 e. The molecule has 5 heteroatoms. The van der Waals surface area contributed by atoms with Crippen molar-refractivity contribution >= 4 is 28.4 Å². The summed E-state index contributed by atoms with van der Waals surface area (Å²) < 4.78 is 0. The summed E-state index contributed by atoms with van der Waals surface area (Å²) in [6, 6.07) is 16.0. The Morgan fingerprint density at radius 3 is 2.52 bits per heavy atom.